The SMILES string of the molecule is COc1cc([N+](=O)[O-])ccc1NC(C)c1cncs1. The van der Waals surface area contributed by atoms with Gasteiger partial charge in [0.25, 0.3) is 5.69 Å². The molecule has 0 bridgehead atoms. The smallest absolute Gasteiger partial charge is 0.273 e. The highest BCUT2D eigenvalue weighted by atomic mass is 32.1. The Morgan fingerprint density at radius 1 is 1.53 bits per heavy atom. The van der Waals surface area contributed by atoms with E-state index < -0.39 is 4.92 Å². The quantitative estimate of drug-likeness (QED) is 0.671. The summed E-state index contributed by atoms with van der Waals surface area (Å²) < 4.78 is 5.18. The first kappa shape index (κ1) is 13.3. The van der Waals surface area contributed by atoms with Crippen molar-refractivity contribution in [2.75, 3.05) is 12.4 Å². The predicted octanol–water partition coefficient (Wildman–Crippen LogP) is 3.23. The van der Waals surface area contributed by atoms with Gasteiger partial charge < -0.3 is 10.1 Å². The highest BCUT2D eigenvalue weighted by Gasteiger charge is 2.14. The molecule has 2 aromatic rings. The van der Waals surface area contributed by atoms with Gasteiger partial charge in [-0.3, -0.25) is 15.1 Å². The summed E-state index contributed by atoms with van der Waals surface area (Å²) in [5, 5.41) is 14.0. The number of hydrogen-bond donors (Lipinski definition) is 1. The van der Waals surface area contributed by atoms with Crippen LogP contribution in [0.4, 0.5) is 11.4 Å². The van der Waals surface area contributed by atoms with Crippen LogP contribution in [0.1, 0.15) is 17.8 Å². The van der Waals surface area contributed by atoms with E-state index in [1.165, 1.54) is 19.2 Å². The average molecular weight is 279 g/mol. The van der Waals surface area contributed by atoms with Crippen molar-refractivity contribution in [2.45, 2.75) is 13.0 Å². The van der Waals surface area contributed by atoms with Crippen molar-refractivity contribution >= 4 is 22.7 Å². The second-order valence-corrected chi connectivity index (χ2v) is 4.83. The average Bonchev–Trinajstić information content (AvgIpc) is 2.92. The molecular weight excluding hydrogens is 266 g/mol. The lowest BCUT2D eigenvalue weighted by molar-refractivity contribution is -0.384. The van der Waals surface area contributed by atoms with Crippen LogP contribution < -0.4 is 10.1 Å². The fourth-order valence-electron chi connectivity index (χ4n) is 1.66. The summed E-state index contributed by atoms with van der Waals surface area (Å²) in [6.45, 7) is 1.99. The van der Waals surface area contributed by atoms with Crippen molar-refractivity contribution < 1.29 is 9.66 Å². The number of nitrogens with one attached hydrogen (secondary N) is 1. The van der Waals surface area contributed by atoms with Crippen LogP contribution in [0.2, 0.25) is 0 Å². The maximum absolute atomic E-state index is 10.7. The summed E-state index contributed by atoms with van der Waals surface area (Å²) in [6, 6.07) is 4.56. The van der Waals surface area contributed by atoms with Crippen molar-refractivity contribution in [1.29, 1.82) is 0 Å². The van der Waals surface area contributed by atoms with Crippen LogP contribution in [0, 0.1) is 10.1 Å². The molecule has 1 aromatic carbocycles. The molecular formula is C12H13N3O3S. The van der Waals surface area contributed by atoms with Crippen LogP contribution in [0.15, 0.2) is 29.9 Å². The monoisotopic (exact) mass is 279 g/mol. The molecule has 0 saturated carbocycles. The van der Waals surface area contributed by atoms with Crippen molar-refractivity contribution in [1.82, 2.24) is 4.98 Å². The lowest BCUT2D eigenvalue weighted by Gasteiger charge is -2.15. The minimum atomic E-state index is -0.446. The Hall–Kier alpha value is -2.15. The third kappa shape index (κ3) is 3.00. The van der Waals surface area contributed by atoms with E-state index in [2.05, 4.69) is 10.3 Å². The molecule has 1 atom stereocenters. The third-order valence-corrected chi connectivity index (χ3v) is 3.60. The Morgan fingerprint density at radius 2 is 2.32 bits per heavy atom. The number of non-ortho nitro benzene ring substituents is 1. The summed E-state index contributed by atoms with van der Waals surface area (Å²) in [7, 11) is 1.49. The van der Waals surface area contributed by atoms with Crippen LogP contribution in [-0.2, 0) is 0 Å². The first-order valence-corrected chi connectivity index (χ1v) is 6.47. The van der Waals surface area contributed by atoms with Gasteiger partial charge in [-0.1, -0.05) is 0 Å². The van der Waals surface area contributed by atoms with E-state index in [0.29, 0.717) is 11.4 Å². The molecule has 0 spiro atoms. The van der Waals surface area contributed by atoms with Gasteiger partial charge in [0.05, 0.1) is 35.3 Å². The number of thiazole rings is 1. The number of nitro groups is 1. The third-order valence-electron chi connectivity index (χ3n) is 2.65. The molecule has 0 saturated heterocycles. The summed E-state index contributed by atoms with van der Waals surface area (Å²) in [6.07, 6.45) is 1.79. The van der Waals surface area contributed by atoms with E-state index >= 15 is 0 Å². The van der Waals surface area contributed by atoms with E-state index in [4.69, 9.17) is 4.74 Å². The van der Waals surface area contributed by atoms with E-state index in [9.17, 15) is 10.1 Å². The summed E-state index contributed by atoms with van der Waals surface area (Å²) >= 11 is 1.55. The van der Waals surface area contributed by atoms with Crippen molar-refractivity contribution in [2.24, 2.45) is 0 Å². The van der Waals surface area contributed by atoms with Gasteiger partial charge in [-0.2, -0.15) is 0 Å². The first-order valence-electron chi connectivity index (χ1n) is 5.59. The molecule has 7 heteroatoms. The number of ether oxygens (including phenoxy) is 1. The molecule has 0 aliphatic heterocycles. The number of rotatable bonds is 5. The highest BCUT2D eigenvalue weighted by molar-refractivity contribution is 7.09. The molecule has 6 nitrogen and oxygen atoms in total. The van der Waals surface area contributed by atoms with Crippen molar-refractivity contribution in [3.05, 3.63) is 44.9 Å². The molecule has 2 rings (SSSR count). The first-order chi connectivity index (χ1) is 9.11. The van der Waals surface area contributed by atoms with Crippen LogP contribution in [-0.4, -0.2) is 17.0 Å². The topological polar surface area (TPSA) is 77.3 Å². The summed E-state index contributed by atoms with van der Waals surface area (Å²) in [5.41, 5.74) is 2.49. The minimum Gasteiger partial charge on any atom is -0.494 e. The molecule has 19 heavy (non-hydrogen) atoms. The molecule has 0 aliphatic rings. The number of nitro benzene ring substituents is 1. The molecule has 1 unspecified atom stereocenters. The van der Waals surface area contributed by atoms with Gasteiger partial charge in [-0.15, -0.1) is 11.3 Å². The van der Waals surface area contributed by atoms with Gasteiger partial charge in [0.2, 0.25) is 0 Å². The van der Waals surface area contributed by atoms with Crippen LogP contribution >= 0.6 is 11.3 Å². The molecule has 1 aromatic heterocycles. The maximum Gasteiger partial charge on any atom is 0.273 e. The Balaban J connectivity index is 2.22. The molecule has 1 N–H and O–H groups in total. The Morgan fingerprint density at radius 3 is 2.89 bits per heavy atom. The van der Waals surface area contributed by atoms with Gasteiger partial charge in [0.15, 0.2) is 0 Å². The number of aromatic nitrogens is 1. The number of methoxy groups -OCH3 is 1. The second kappa shape index (κ2) is 5.66. The second-order valence-electron chi connectivity index (χ2n) is 3.91. The van der Waals surface area contributed by atoms with E-state index in [1.54, 1.807) is 29.1 Å². The van der Waals surface area contributed by atoms with Crippen molar-refractivity contribution in [3.63, 3.8) is 0 Å². The van der Waals surface area contributed by atoms with E-state index in [-0.39, 0.29) is 11.7 Å². The number of nitrogens with zero attached hydrogens (tertiary/aromatic N) is 2. The summed E-state index contributed by atoms with van der Waals surface area (Å²) in [5.74, 6) is 0.450. The Labute approximate surface area is 114 Å². The Kier molecular flexibility index (Phi) is 3.96. The molecule has 100 valence electrons. The highest BCUT2D eigenvalue weighted by Crippen LogP contribution is 2.32. The van der Waals surface area contributed by atoms with Crippen LogP contribution in [0.5, 0.6) is 5.75 Å². The van der Waals surface area contributed by atoms with Crippen molar-refractivity contribution in [3.8, 4) is 5.75 Å². The van der Waals surface area contributed by atoms with E-state index in [1.807, 2.05) is 6.92 Å². The van der Waals surface area contributed by atoms with Gasteiger partial charge in [0, 0.05) is 17.1 Å². The van der Waals surface area contributed by atoms with Gasteiger partial charge in [-0.05, 0) is 13.0 Å². The zero-order valence-corrected chi connectivity index (χ0v) is 11.3. The van der Waals surface area contributed by atoms with Crippen LogP contribution in [0.25, 0.3) is 0 Å². The van der Waals surface area contributed by atoms with Gasteiger partial charge in [-0.25, -0.2) is 0 Å². The molecule has 0 radical (unpaired) electrons. The number of benzene rings is 1. The molecule has 1 heterocycles. The zero-order valence-electron chi connectivity index (χ0n) is 10.5. The standard InChI is InChI=1S/C12H13N3O3S/c1-8(12-6-13-7-19-12)14-10-4-3-9(15(16)17)5-11(10)18-2/h3-8,14H,1-2H3. The fraction of sp³-hybridized carbons (Fsp3) is 0.250. The van der Waals surface area contributed by atoms with Crippen LogP contribution in [0.3, 0.4) is 0 Å². The molecule has 0 aliphatic carbocycles. The summed E-state index contributed by atoms with van der Waals surface area (Å²) in [4.78, 5) is 15.4. The Bertz CT molecular complexity index is 572. The largest absolute Gasteiger partial charge is 0.494 e. The fourth-order valence-corrected chi connectivity index (χ4v) is 2.28. The lowest BCUT2D eigenvalue weighted by atomic mass is 10.2. The molecule has 0 fully saturated rings. The predicted molar refractivity (Wildman–Crippen MR) is 73.8 cm³/mol. The molecule has 0 amide bonds. The van der Waals surface area contributed by atoms with Gasteiger partial charge >= 0.3 is 0 Å². The normalized spacial score (nSPS) is 11.9. The zero-order chi connectivity index (χ0) is 13.8. The number of hydrogen-bond acceptors (Lipinski definition) is 6. The van der Waals surface area contributed by atoms with Gasteiger partial charge in [0.1, 0.15) is 5.75 Å². The number of anilines is 1. The van der Waals surface area contributed by atoms with E-state index in [0.717, 1.165) is 4.88 Å². The minimum absolute atomic E-state index is 0.00726. The lowest BCUT2D eigenvalue weighted by Crippen LogP contribution is -2.06. The maximum atomic E-state index is 10.7.